The third-order valence-electron chi connectivity index (χ3n) is 3.70. The maximum Gasteiger partial charge on any atom is 0.150 e. The number of aldehydes is 1. The van der Waals surface area contributed by atoms with E-state index in [0.29, 0.717) is 0 Å². The van der Waals surface area contributed by atoms with E-state index in [0.717, 1.165) is 24.7 Å². The molecule has 108 valence electrons. The summed E-state index contributed by atoms with van der Waals surface area (Å²) < 4.78 is 0. The van der Waals surface area contributed by atoms with Crippen molar-refractivity contribution in [2.45, 2.75) is 64.2 Å². The van der Waals surface area contributed by atoms with E-state index in [-0.39, 0.29) is 0 Å². The third-order valence-corrected chi connectivity index (χ3v) is 3.70. The zero-order chi connectivity index (χ0) is 14.5. The number of aryl methyl sites for hydroxylation is 1. The number of unbranched alkanes of at least 4 members (excludes halogenated alkanes) is 8. The van der Waals surface area contributed by atoms with Crippen LogP contribution in [0.25, 0.3) is 0 Å². The van der Waals surface area contributed by atoms with Crippen molar-refractivity contribution in [1.82, 2.24) is 0 Å². The lowest BCUT2D eigenvalue weighted by Crippen LogP contribution is -1.92. The van der Waals surface area contributed by atoms with Crippen LogP contribution < -0.4 is 0 Å². The number of terminal acetylenes is 1. The van der Waals surface area contributed by atoms with E-state index in [1.54, 1.807) is 0 Å². The molecule has 0 aliphatic heterocycles. The van der Waals surface area contributed by atoms with E-state index in [1.165, 1.54) is 56.9 Å². The van der Waals surface area contributed by atoms with Crippen molar-refractivity contribution >= 4 is 6.29 Å². The predicted octanol–water partition coefficient (Wildman–Crippen LogP) is 5.19. The van der Waals surface area contributed by atoms with Crippen LogP contribution in [0.3, 0.4) is 0 Å². The van der Waals surface area contributed by atoms with Gasteiger partial charge in [0.15, 0.2) is 0 Å². The van der Waals surface area contributed by atoms with Crippen LogP contribution in [0.4, 0.5) is 0 Å². The fraction of sp³-hybridized carbons (Fsp3) is 0.526. The van der Waals surface area contributed by atoms with Crippen LogP contribution >= 0.6 is 0 Å². The Morgan fingerprint density at radius 3 is 2.15 bits per heavy atom. The molecule has 0 bridgehead atoms. The second kappa shape index (κ2) is 11.3. The molecule has 1 nitrogen and oxygen atoms in total. The lowest BCUT2D eigenvalue weighted by molar-refractivity contribution is 0.112. The molecule has 0 unspecified atom stereocenters. The predicted molar refractivity (Wildman–Crippen MR) is 85.9 cm³/mol. The summed E-state index contributed by atoms with van der Waals surface area (Å²) in [4.78, 5) is 10.9. The Morgan fingerprint density at radius 2 is 1.50 bits per heavy atom. The summed E-state index contributed by atoms with van der Waals surface area (Å²) in [7, 11) is 0. The lowest BCUT2D eigenvalue weighted by Gasteiger charge is -2.04. The van der Waals surface area contributed by atoms with Crippen molar-refractivity contribution in [3.63, 3.8) is 0 Å². The van der Waals surface area contributed by atoms with Gasteiger partial charge in [-0.25, -0.2) is 0 Å². The second-order valence-electron chi connectivity index (χ2n) is 5.35. The van der Waals surface area contributed by atoms with Crippen LogP contribution in [-0.2, 0) is 6.42 Å². The summed E-state index contributed by atoms with van der Waals surface area (Å²) in [6.07, 6.45) is 18.3. The number of hydrogen-bond acceptors (Lipinski definition) is 1. The minimum Gasteiger partial charge on any atom is -0.298 e. The quantitative estimate of drug-likeness (QED) is 0.307. The van der Waals surface area contributed by atoms with E-state index >= 15 is 0 Å². The summed E-state index contributed by atoms with van der Waals surface area (Å²) in [5.74, 6) is 2.69. The summed E-state index contributed by atoms with van der Waals surface area (Å²) in [5.41, 5.74) is 2.04. The minimum atomic E-state index is 0.848. The van der Waals surface area contributed by atoms with Crippen LogP contribution in [0.2, 0.25) is 0 Å². The van der Waals surface area contributed by atoms with Gasteiger partial charge in [-0.05, 0) is 24.8 Å². The largest absolute Gasteiger partial charge is 0.298 e. The van der Waals surface area contributed by atoms with Gasteiger partial charge in [0.05, 0.1) is 0 Å². The maximum atomic E-state index is 10.9. The highest BCUT2D eigenvalue weighted by Crippen LogP contribution is 2.13. The monoisotopic (exact) mass is 270 g/mol. The van der Waals surface area contributed by atoms with E-state index in [4.69, 9.17) is 6.42 Å². The average molecular weight is 270 g/mol. The highest BCUT2D eigenvalue weighted by Gasteiger charge is 2.00. The van der Waals surface area contributed by atoms with E-state index in [2.05, 4.69) is 12.0 Å². The fourth-order valence-corrected chi connectivity index (χ4v) is 2.48. The van der Waals surface area contributed by atoms with Crippen LogP contribution in [0, 0.1) is 12.3 Å². The highest BCUT2D eigenvalue weighted by molar-refractivity contribution is 5.77. The SMILES string of the molecule is C#CCCCCCCCCCCc1ccccc1C=O. The summed E-state index contributed by atoms with van der Waals surface area (Å²) in [6, 6.07) is 7.90. The van der Waals surface area contributed by atoms with Crippen LogP contribution in [0.5, 0.6) is 0 Å². The molecule has 0 saturated carbocycles. The molecule has 0 heterocycles. The van der Waals surface area contributed by atoms with Gasteiger partial charge in [-0.15, -0.1) is 12.3 Å². The zero-order valence-electron chi connectivity index (χ0n) is 12.4. The molecule has 1 heteroatoms. The smallest absolute Gasteiger partial charge is 0.150 e. The zero-order valence-corrected chi connectivity index (χ0v) is 12.4. The molecule has 0 spiro atoms. The Kier molecular flexibility index (Phi) is 9.32. The second-order valence-corrected chi connectivity index (χ2v) is 5.35. The number of carbonyl (C=O) groups excluding carboxylic acids is 1. The number of hydrogen-bond donors (Lipinski definition) is 0. The molecule has 0 aliphatic carbocycles. The Morgan fingerprint density at radius 1 is 0.900 bits per heavy atom. The Balaban J connectivity index is 2.00. The van der Waals surface area contributed by atoms with Crippen molar-refractivity contribution in [2.75, 3.05) is 0 Å². The summed E-state index contributed by atoms with van der Waals surface area (Å²) >= 11 is 0. The van der Waals surface area contributed by atoms with Crippen molar-refractivity contribution in [1.29, 1.82) is 0 Å². The van der Waals surface area contributed by atoms with Gasteiger partial charge in [0.1, 0.15) is 6.29 Å². The summed E-state index contributed by atoms with van der Waals surface area (Å²) in [5, 5.41) is 0. The van der Waals surface area contributed by atoms with Crippen LogP contribution in [0.1, 0.15) is 73.7 Å². The molecule has 0 N–H and O–H groups in total. The van der Waals surface area contributed by atoms with Crippen molar-refractivity contribution in [2.24, 2.45) is 0 Å². The van der Waals surface area contributed by atoms with Crippen LogP contribution in [-0.4, -0.2) is 6.29 Å². The fourth-order valence-electron chi connectivity index (χ4n) is 2.48. The van der Waals surface area contributed by atoms with Crippen molar-refractivity contribution in [3.8, 4) is 12.3 Å². The Labute approximate surface area is 123 Å². The van der Waals surface area contributed by atoms with Gasteiger partial charge in [-0.1, -0.05) is 62.8 Å². The molecule has 1 aromatic carbocycles. The number of carbonyl (C=O) groups is 1. The van der Waals surface area contributed by atoms with Gasteiger partial charge in [0, 0.05) is 12.0 Å². The molecule has 0 radical (unpaired) electrons. The van der Waals surface area contributed by atoms with Gasteiger partial charge in [-0.2, -0.15) is 0 Å². The molecule has 1 rings (SSSR count). The van der Waals surface area contributed by atoms with E-state index < -0.39 is 0 Å². The van der Waals surface area contributed by atoms with Gasteiger partial charge < -0.3 is 0 Å². The maximum absolute atomic E-state index is 10.9. The molecular formula is C19H26O. The minimum absolute atomic E-state index is 0.848. The third kappa shape index (κ3) is 7.14. The van der Waals surface area contributed by atoms with Gasteiger partial charge >= 0.3 is 0 Å². The molecule has 1 aromatic rings. The Hall–Kier alpha value is -1.55. The molecule has 0 atom stereocenters. The molecule has 0 saturated heterocycles. The summed E-state index contributed by atoms with van der Waals surface area (Å²) in [6.45, 7) is 0. The van der Waals surface area contributed by atoms with Gasteiger partial charge in [0.25, 0.3) is 0 Å². The number of benzene rings is 1. The standard InChI is InChI=1S/C19H26O/c1-2-3-4-5-6-7-8-9-10-11-14-18-15-12-13-16-19(18)17-20/h1,12-13,15-17H,3-11,14H2. The topological polar surface area (TPSA) is 17.1 Å². The van der Waals surface area contributed by atoms with Crippen LogP contribution in [0.15, 0.2) is 24.3 Å². The molecule has 0 fully saturated rings. The van der Waals surface area contributed by atoms with Gasteiger partial charge in [0.2, 0.25) is 0 Å². The lowest BCUT2D eigenvalue weighted by atomic mass is 10.0. The first-order valence-electron chi connectivity index (χ1n) is 7.85. The first-order chi connectivity index (χ1) is 9.88. The molecule has 0 aliphatic rings. The number of rotatable bonds is 11. The Bertz CT molecular complexity index is 414. The molecule has 20 heavy (non-hydrogen) atoms. The van der Waals surface area contributed by atoms with E-state index in [1.807, 2.05) is 18.2 Å². The van der Waals surface area contributed by atoms with Gasteiger partial charge in [-0.3, -0.25) is 4.79 Å². The average Bonchev–Trinajstić information content (AvgIpc) is 2.49. The molecular weight excluding hydrogens is 244 g/mol. The molecule has 0 aromatic heterocycles. The van der Waals surface area contributed by atoms with E-state index in [9.17, 15) is 4.79 Å². The van der Waals surface area contributed by atoms with Crippen molar-refractivity contribution in [3.05, 3.63) is 35.4 Å². The normalized spacial score (nSPS) is 10.2. The van der Waals surface area contributed by atoms with Crippen molar-refractivity contribution < 1.29 is 4.79 Å². The molecule has 0 amide bonds. The first-order valence-corrected chi connectivity index (χ1v) is 7.85. The first kappa shape index (κ1) is 16.5. The highest BCUT2D eigenvalue weighted by atomic mass is 16.1.